The van der Waals surface area contributed by atoms with Gasteiger partial charge in [0.05, 0.1) is 0 Å². The Balaban J connectivity index is 3.53. The van der Waals surface area contributed by atoms with Crippen LogP contribution in [0.3, 0.4) is 0 Å². The predicted molar refractivity (Wildman–Crippen MR) is 78.8 cm³/mol. The summed E-state index contributed by atoms with van der Waals surface area (Å²) in [4.78, 5) is 21.6. The molecule has 0 fully saturated rings. The van der Waals surface area contributed by atoms with Gasteiger partial charge in [-0.3, -0.25) is 4.89 Å². The molecule has 3 nitrogen and oxygen atoms in total. The van der Waals surface area contributed by atoms with Crippen molar-refractivity contribution in [1.29, 1.82) is 0 Å². The first kappa shape index (κ1) is 18.4. The Bertz CT molecular complexity index is 224. The van der Waals surface area contributed by atoms with Crippen molar-refractivity contribution in [3.8, 4) is 0 Å². The summed E-state index contributed by atoms with van der Waals surface area (Å²) in [5.41, 5.74) is -0.368. The van der Waals surface area contributed by atoms with Gasteiger partial charge in [-0.1, -0.05) is 58.8 Å². The van der Waals surface area contributed by atoms with Crippen LogP contribution in [0.4, 0.5) is 0 Å². The van der Waals surface area contributed by atoms with E-state index in [0.29, 0.717) is 6.42 Å². The lowest BCUT2D eigenvalue weighted by molar-refractivity contribution is -0.326. The largest absolute Gasteiger partial charge is 0.342 e. The first-order valence-electron chi connectivity index (χ1n) is 7.90. The van der Waals surface area contributed by atoms with Crippen LogP contribution in [0, 0.1) is 0 Å². The zero-order valence-electron chi connectivity index (χ0n) is 13.3. The molecule has 0 saturated heterocycles. The second kappa shape index (κ2) is 11.3. The van der Waals surface area contributed by atoms with E-state index >= 15 is 0 Å². The second-order valence-electron chi connectivity index (χ2n) is 5.92. The molecule has 0 heterocycles. The molecular weight excluding hydrogens is 240 g/mol. The number of rotatable bonds is 12. The van der Waals surface area contributed by atoms with Crippen LogP contribution < -0.4 is 0 Å². The van der Waals surface area contributed by atoms with Gasteiger partial charge in [-0.25, -0.2) is 4.79 Å². The maximum Gasteiger partial charge on any atom is 0.342 e. The first-order valence-corrected chi connectivity index (χ1v) is 7.90. The third-order valence-electron chi connectivity index (χ3n) is 3.23. The summed E-state index contributed by atoms with van der Waals surface area (Å²) in [5.74, 6) is -0.236. The maximum absolute atomic E-state index is 11.5. The highest BCUT2D eigenvalue weighted by Crippen LogP contribution is 2.18. The highest BCUT2D eigenvalue weighted by molar-refractivity contribution is 5.68. The molecular formula is C16H32O3. The summed E-state index contributed by atoms with van der Waals surface area (Å²) >= 11 is 0. The van der Waals surface area contributed by atoms with E-state index in [-0.39, 0.29) is 11.6 Å². The Hall–Kier alpha value is -0.570. The topological polar surface area (TPSA) is 35.5 Å². The fraction of sp³-hybridized carbons (Fsp3) is 0.938. The molecule has 0 N–H and O–H groups in total. The molecule has 0 aromatic carbocycles. The summed E-state index contributed by atoms with van der Waals surface area (Å²) in [6, 6.07) is 0. The summed E-state index contributed by atoms with van der Waals surface area (Å²) in [7, 11) is 0. The highest BCUT2D eigenvalue weighted by atomic mass is 17.2. The lowest BCUT2D eigenvalue weighted by atomic mass is 10.0. The highest BCUT2D eigenvalue weighted by Gasteiger charge is 2.21. The van der Waals surface area contributed by atoms with Crippen LogP contribution in [0.5, 0.6) is 0 Å². The van der Waals surface area contributed by atoms with Crippen molar-refractivity contribution in [2.75, 3.05) is 0 Å². The van der Waals surface area contributed by atoms with Gasteiger partial charge in [0, 0.05) is 6.42 Å². The lowest BCUT2D eigenvalue weighted by Crippen LogP contribution is -2.26. The third kappa shape index (κ3) is 12.2. The molecule has 0 atom stereocenters. The molecule has 3 heteroatoms. The Morgan fingerprint density at radius 3 is 2.11 bits per heavy atom. The van der Waals surface area contributed by atoms with Crippen LogP contribution in [0.25, 0.3) is 0 Å². The minimum absolute atomic E-state index is 0.236. The van der Waals surface area contributed by atoms with Crippen molar-refractivity contribution < 1.29 is 14.6 Å². The quantitative estimate of drug-likeness (QED) is 0.279. The Labute approximate surface area is 119 Å². The zero-order valence-corrected chi connectivity index (χ0v) is 13.3. The van der Waals surface area contributed by atoms with Crippen LogP contribution in [0.1, 0.15) is 91.9 Å². The van der Waals surface area contributed by atoms with E-state index in [4.69, 9.17) is 9.78 Å². The number of hydrogen-bond acceptors (Lipinski definition) is 3. The smallest absolute Gasteiger partial charge is 0.298 e. The van der Waals surface area contributed by atoms with Crippen LogP contribution in [-0.2, 0) is 14.6 Å². The van der Waals surface area contributed by atoms with Gasteiger partial charge in [0.1, 0.15) is 5.60 Å². The van der Waals surface area contributed by atoms with E-state index in [1.54, 1.807) is 0 Å². The van der Waals surface area contributed by atoms with E-state index in [1.165, 1.54) is 25.7 Å². The molecule has 0 radical (unpaired) electrons. The standard InChI is InChI=1S/C16H32O3/c1-5-7-9-10-11-12-13-15(17)18-19-16(3,4)14-8-6-2/h5-14H2,1-4H3. The molecule has 0 aromatic rings. The summed E-state index contributed by atoms with van der Waals surface area (Å²) in [5, 5.41) is 0. The monoisotopic (exact) mass is 272 g/mol. The van der Waals surface area contributed by atoms with Crippen molar-refractivity contribution in [3.63, 3.8) is 0 Å². The molecule has 0 aliphatic rings. The molecule has 0 amide bonds. The number of hydrogen-bond donors (Lipinski definition) is 0. The molecule has 0 aromatic heterocycles. The van der Waals surface area contributed by atoms with E-state index < -0.39 is 0 Å². The first-order chi connectivity index (χ1) is 9.02. The van der Waals surface area contributed by atoms with E-state index in [1.807, 2.05) is 13.8 Å². The zero-order chi connectivity index (χ0) is 14.6. The molecule has 0 aliphatic carbocycles. The molecule has 0 saturated carbocycles. The SMILES string of the molecule is CCCCCCCCC(=O)OOC(C)(C)CCCC. The van der Waals surface area contributed by atoms with Gasteiger partial charge in [0.25, 0.3) is 0 Å². The van der Waals surface area contributed by atoms with E-state index in [0.717, 1.165) is 32.1 Å². The number of carbonyl (C=O) groups is 1. The molecule has 0 spiro atoms. The van der Waals surface area contributed by atoms with Gasteiger partial charge in [-0.2, -0.15) is 4.89 Å². The fourth-order valence-corrected chi connectivity index (χ4v) is 1.89. The molecule has 114 valence electrons. The van der Waals surface area contributed by atoms with Gasteiger partial charge in [0.2, 0.25) is 0 Å². The summed E-state index contributed by atoms with van der Waals surface area (Å²) in [6.45, 7) is 8.26. The van der Waals surface area contributed by atoms with Crippen molar-refractivity contribution in [3.05, 3.63) is 0 Å². The van der Waals surface area contributed by atoms with Crippen molar-refractivity contribution in [2.45, 2.75) is 97.5 Å². The van der Waals surface area contributed by atoms with E-state index in [2.05, 4.69) is 13.8 Å². The number of unbranched alkanes of at least 4 members (excludes halogenated alkanes) is 6. The molecule has 0 unspecified atom stereocenters. The second-order valence-corrected chi connectivity index (χ2v) is 5.92. The Morgan fingerprint density at radius 2 is 1.47 bits per heavy atom. The molecule has 0 aliphatic heterocycles. The Morgan fingerprint density at radius 1 is 0.895 bits per heavy atom. The third-order valence-corrected chi connectivity index (χ3v) is 3.23. The van der Waals surface area contributed by atoms with Gasteiger partial charge >= 0.3 is 5.97 Å². The normalized spacial score (nSPS) is 11.6. The van der Waals surface area contributed by atoms with Crippen LogP contribution in [0.2, 0.25) is 0 Å². The average molecular weight is 272 g/mol. The van der Waals surface area contributed by atoms with E-state index in [9.17, 15) is 4.79 Å². The van der Waals surface area contributed by atoms with Crippen molar-refractivity contribution in [2.24, 2.45) is 0 Å². The molecule has 0 bridgehead atoms. The maximum atomic E-state index is 11.5. The van der Waals surface area contributed by atoms with Crippen LogP contribution >= 0.6 is 0 Å². The molecule has 0 rings (SSSR count). The van der Waals surface area contributed by atoms with Crippen molar-refractivity contribution >= 4 is 5.97 Å². The molecule has 19 heavy (non-hydrogen) atoms. The van der Waals surface area contributed by atoms with Crippen LogP contribution in [-0.4, -0.2) is 11.6 Å². The van der Waals surface area contributed by atoms with Gasteiger partial charge in [0.15, 0.2) is 0 Å². The minimum Gasteiger partial charge on any atom is -0.298 e. The average Bonchev–Trinajstić information content (AvgIpc) is 2.38. The predicted octanol–water partition coefficient (Wildman–Crippen LogP) is 5.18. The van der Waals surface area contributed by atoms with Gasteiger partial charge in [-0.15, -0.1) is 0 Å². The van der Waals surface area contributed by atoms with Crippen LogP contribution in [0.15, 0.2) is 0 Å². The van der Waals surface area contributed by atoms with Crippen molar-refractivity contribution in [1.82, 2.24) is 0 Å². The lowest BCUT2D eigenvalue weighted by Gasteiger charge is -2.22. The summed E-state index contributed by atoms with van der Waals surface area (Å²) in [6.07, 6.45) is 10.6. The van der Waals surface area contributed by atoms with Gasteiger partial charge in [-0.05, 0) is 26.7 Å². The minimum atomic E-state index is -0.368. The fourth-order valence-electron chi connectivity index (χ4n) is 1.89. The Kier molecular flexibility index (Phi) is 10.9. The summed E-state index contributed by atoms with van der Waals surface area (Å²) < 4.78 is 0. The van der Waals surface area contributed by atoms with Gasteiger partial charge < -0.3 is 0 Å². The number of carbonyl (C=O) groups excluding carboxylic acids is 1.